The summed E-state index contributed by atoms with van der Waals surface area (Å²) in [6.45, 7) is 1.91. The first-order valence-corrected chi connectivity index (χ1v) is 7.08. The minimum absolute atomic E-state index is 0.204. The van der Waals surface area contributed by atoms with Gasteiger partial charge in [0.1, 0.15) is 0 Å². The lowest BCUT2D eigenvalue weighted by Gasteiger charge is -2.38. The maximum absolute atomic E-state index is 11.5. The number of nitrogens with one attached hydrogen (secondary N) is 1. The third-order valence-corrected chi connectivity index (χ3v) is 4.41. The normalized spacial score (nSPS) is 30.9. The number of nitriles is 1. The lowest BCUT2D eigenvalue weighted by molar-refractivity contribution is 0.125. The van der Waals surface area contributed by atoms with E-state index < -0.39 is 21.3 Å². The topological polar surface area (TPSA) is 90.2 Å². The molecule has 16 heavy (non-hydrogen) atoms. The number of hydrogen-bond donors (Lipinski definition) is 2. The lowest BCUT2D eigenvalue weighted by Crippen LogP contribution is -2.53. The first-order chi connectivity index (χ1) is 7.43. The van der Waals surface area contributed by atoms with Crippen LogP contribution < -0.4 is 4.72 Å². The zero-order valence-corrected chi connectivity index (χ0v) is 10.3. The quantitative estimate of drug-likeness (QED) is 0.750. The fourth-order valence-electron chi connectivity index (χ4n) is 2.06. The van der Waals surface area contributed by atoms with Crippen molar-refractivity contribution in [3.05, 3.63) is 0 Å². The zero-order valence-electron chi connectivity index (χ0n) is 9.44. The Balaban J connectivity index is 2.72. The molecule has 0 bridgehead atoms. The van der Waals surface area contributed by atoms with Crippen LogP contribution in [-0.4, -0.2) is 31.4 Å². The molecule has 0 atom stereocenters. The standard InChI is InChI=1S/C10H18N2O3S/c1-9-2-4-10(8-13,5-3-9)12-16(14,15)7-6-11/h9,12-13H,2-5,7-8H2,1H3. The lowest BCUT2D eigenvalue weighted by atomic mass is 9.78. The van der Waals surface area contributed by atoms with Crippen LogP contribution in [0.25, 0.3) is 0 Å². The molecule has 0 spiro atoms. The van der Waals surface area contributed by atoms with Crippen molar-refractivity contribution in [3.8, 4) is 6.07 Å². The van der Waals surface area contributed by atoms with Gasteiger partial charge in [0.25, 0.3) is 0 Å². The van der Waals surface area contributed by atoms with Crippen LogP contribution in [0.4, 0.5) is 0 Å². The van der Waals surface area contributed by atoms with Crippen LogP contribution >= 0.6 is 0 Å². The third kappa shape index (κ3) is 3.44. The molecule has 92 valence electrons. The molecule has 0 heterocycles. The summed E-state index contributed by atoms with van der Waals surface area (Å²) in [6.07, 6.45) is 3.07. The van der Waals surface area contributed by atoms with E-state index in [4.69, 9.17) is 5.26 Å². The summed E-state index contributed by atoms with van der Waals surface area (Å²) in [7, 11) is -3.59. The van der Waals surface area contributed by atoms with Crippen LogP contribution in [0.15, 0.2) is 0 Å². The molecule has 1 saturated carbocycles. The third-order valence-electron chi connectivity index (χ3n) is 3.16. The molecule has 0 aromatic heterocycles. The average molecular weight is 246 g/mol. The van der Waals surface area contributed by atoms with Gasteiger partial charge < -0.3 is 5.11 Å². The summed E-state index contributed by atoms with van der Waals surface area (Å²) >= 11 is 0. The number of rotatable bonds is 4. The predicted molar refractivity (Wildman–Crippen MR) is 60.0 cm³/mol. The van der Waals surface area contributed by atoms with E-state index in [1.54, 1.807) is 6.07 Å². The summed E-state index contributed by atoms with van der Waals surface area (Å²) in [5.74, 6) is 0.0183. The number of hydrogen-bond acceptors (Lipinski definition) is 4. The molecular weight excluding hydrogens is 228 g/mol. The highest BCUT2D eigenvalue weighted by Gasteiger charge is 2.36. The Morgan fingerprint density at radius 3 is 2.50 bits per heavy atom. The second-order valence-electron chi connectivity index (χ2n) is 4.64. The number of aliphatic hydroxyl groups excluding tert-OH is 1. The van der Waals surface area contributed by atoms with Crippen molar-refractivity contribution < 1.29 is 13.5 Å². The molecule has 5 nitrogen and oxygen atoms in total. The number of sulfonamides is 1. The smallest absolute Gasteiger partial charge is 0.225 e. The highest BCUT2D eigenvalue weighted by atomic mass is 32.2. The van der Waals surface area contributed by atoms with Gasteiger partial charge >= 0.3 is 0 Å². The molecule has 0 aromatic carbocycles. The van der Waals surface area contributed by atoms with Crippen molar-refractivity contribution in [1.29, 1.82) is 5.26 Å². The maximum atomic E-state index is 11.5. The fourth-order valence-corrected chi connectivity index (χ4v) is 3.23. The fraction of sp³-hybridized carbons (Fsp3) is 0.900. The Hall–Kier alpha value is -0.640. The van der Waals surface area contributed by atoms with E-state index in [-0.39, 0.29) is 6.61 Å². The van der Waals surface area contributed by atoms with Crippen LogP contribution in [0.3, 0.4) is 0 Å². The van der Waals surface area contributed by atoms with Crippen molar-refractivity contribution in [2.45, 2.75) is 38.1 Å². The Bertz CT molecular complexity index is 364. The van der Waals surface area contributed by atoms with Crippen molar-refractivity contribution in [3.63, 3.8) is 0 Å². The molecule has 1 rings (SSSR count). The molecule has 1 aliphatic rings. The highest BCUT2D eigenvalue weighted by Crippen LogP contribution is 2.32. The number of nitrogens with zero attached hydrogens (tertiary/aromatic N) is 1. The molecule has 0 unspecified atom stereocenters. The van der Waals surface area contributed by atoms with Gasteiger partial charge in [0.2, 0.25) is 10.0 Å². The van der Waals surface area contributed by atoms with E-state index >= 15 is 0 Å². The average Bonchev–Trinajstić information content (AvgIpc) is 2.21. The van der Waals surface area contributed by atoms with Crippen molar-refractivity contribution in [2.24, 2.45) is 5.92 Å². The van der Waals surface area contributed by atoms with Crippen molar-refractivity contribution in [1.82, 2.24) is 4.72 Å². The van der Waals surface area contributed by atoms with Gasteiger partial charge in [-0.25, -0.2) is 13.1 Å². The van der Waals surface area contributed by atoms with Crippen LogP contribution in [0, 0.1) is 17.2 Å². The summed E-state index contributed by atoms with van der Waals surface area (Å²) in [5, 5.41) is 17.7. The van der Waals surface area contributed by atoms with Gasteiger partial charge in [-0.1, -0.05) is 6.92 Å². The van der Waals surface area contributed by atoms with E-state index in [9.17, 15) is 13.5 Å². The minimum atomic E-state index is -3.59. The van der Waals surface area contributed by atoms with Gasteiger partial charge in [0.15, 0.2) is 5.75 Å². The molecule has 1 aliphatic carbocycles. The Labute approximate surface area is 96.5 Å². The van der Waals surface area contributed by atoms with Gasteiger partial charge in [-0.05, 0) is 31.6 Å². The van der Waals surface area contributed by atoms with Crippen LogP contribution in [0.2, 0.25) is 0 Å². The Morgan fingerprint density at radius 2 is 2.06 bits per heavy atom. The number of aliphatic hydroxyl groups is 1. The van der Waals surface area contributed by atoms with Crippen molar-refractivity contribution in [2.75, 3.05) is 12.4 Å². The van der Waals surface area contributed by atoms with E-state index in [1.807, 2.05) is 0 Å². The van der Waals surface area contributed by atoms with Crippen LogP contribution in [-0.2, 0) is 10.0 Å². The molecule has 0 aromatic rings. The predicted octanol–water partition coefficient (Wildman–Crippen LogP) is 0.371. The molecule has 0 amide bonds. The largest absolute Gasteiger partial charge is 0.394 e. The second-order valence-corrected chi connectivity index (χ2v) is 6.36. The van der Waals surface area contributed by atoms with Gasteiger partial charge in [0, 0.05) is 0 Å². The van der Waals surface area contributed by atoms with E-state index in [2.05, 4.69) is 11.6 Å². The summed E-state index contributed by atoms with van der Waals surface area (Å²) in [6, 6.07) is 1.62. The first kappa shape index (κ1) is 13.4. The maximum Gasteiger partial charge on any atom is 0.225 e. The second kappa shape index (κ2) is 5.13. The van der Waals surface area contributed by atoms with E-state index in [0.29, 0.717) is 18.8 Å². The summed E-state index contributed by atoms with van der Waals surface area (Å²) in [5.41, 5.74) is -0.748. The highest BCUT2D eigenvalue weighted by molar-refractivity contribution is 7.89. The van der Waals surface area contributed by atoms with Gasteiger partial charge in [-0.15, -0.1) is 0 Å². The molecule has 1 fully saturated rings. The van der Waals surface area contributed by atoms with Gasteiger partial charge in [-0.2, -0.15) is 5.26 Å². The molecule has 0 aliphatic heterocycles. The minimum Gasteiger partial charge on any atom is -0.394 e. The van der Waals surface area contributed by atoms with Gasteiger partial charge in [0.05, 0.1) is 18.2 Å². The summed E-state index contributed by atoms with van der Waals surface area (Å²) in [4.78, 5) is 0. The molecular formula is C10H18N2O3S. The summed E-state index contributed by atoms with van der Waals surface area (Å²) < 4.78 is 25.5. The van der Waals surface area contributed by atoms with Crippen LogP contribution in [0.1, 0.15) is 32.6 Å². The Kier molecular flexibility index (Phi) is 4.30. The van der Waals surface area contributed by atoms with Crippen LogP contribution in [0.5, 0.6) is 0 Å². The first-order valence-electron chi connectivity index (χ1n) is 5.42. The monoisotopic (exact) mass is 246 g/mol. The molecule has 2 N–H and O–H groups in total. The molecule has 0 radical (unpaired) electrons. The van der Waals surface area contributed by atoms with Crippen molar-refractivity contribution >= 4 is 10.0 Å². The van der Waals surface area contributed by atoms with E-state index in [1.165, 1.54) is 0 Å². The SMILES string of the molecule is CC1CCC(CO)(NS(=O)(=O)CC#N)CC1. The van der Waals surface area contributed by atoms with E-state index in [0.717, 1.165) is 12.8 Å². The molecule has 0 saturated heterocycles. The Morgan fingerprint density at radius 1 is 1.50 bits per heavy atom. The molecule has 6 heteroatoms. The van der Waals surface area contributed by atoms with Gasteiger partial charge in [-0.3, -0.25) is 0 Å². The zero-order chi connectivity index (χ0) is 12.2.